The topological polar surface area (TPSA) is 55.9 Å². The molecule has 0 saturated carbocycles. The number of hydrogen-bond donors (Lipinski definition) is 0. The summed E-state index contributed by atoms with van der Waals surface area (Å²) < 4.78 is 15.4. The third-order valence-electron chi connectivity index (χ3n) is 12.9. The number of para-hydroxylation sites is 3. The molecule has 0 aliphatic carbocycles. The van der Waals surface area contributed by atoms with Crippen LogP contribution >= 0.6 is 0 Å². The van der Waals surface area contributed by atoms with Crippen molar-refractivity contribution in [3.8, 4) is 5.69 Å². The molecular weight excluding hydrogens is 747 g/mol. The summed E-state index contributed by atoms with van der Waals surface area (Å²) in [6, 6.07) is 64.8. The van der Waals surface area contributed by atoms with Crippen LogP contribution < -0.4 is 0 Å². The molecule has 1 aliphatic rings. The summed E-state index contributed by atoms with van der Waals surface area (Å²) in [7, 11) is 0. The van der Waals surface area contributed by atoms with Crippen LogP contribution in [0.1, 0.15) is 36.1 Å². The highest BCUT2D eigenvalue weighted by molar-refractivity contribution is 6.20. The predicted octanol–water partition coefficient (Wildman–Crippen LogP) is 14.9. The molecule has 61 heavy (non-hydrogen) atoms. The van der Waals surface area contributed by atoms with Crippen molar-refractivity contribution in [2.24, 2.45) is 15.9 Å². The van der Waals surface area contributed by atoms with E-state index in [1.54, 1.807) is 0 Å². The summed E-state index contributed by atoms with van der Waals surface area (Å²) in [4.78, 5) is 11.5. The lowest BCUT2D eigenvalue weighted by Gasteiger charge is -2.18. The zero-order valence-corrected chi connectivity index (χ0v) is 33.3. The van der Waals surface area contributed by atoms with Crippen LogP contribution in [-0.4, -0.2) is 16.1 Å². The lowest BCUT2D eigenvalue weighted by molar-refractivity contribution is 0.581. The Morgan fingerprint density at radius 3 is 1.89 bits per heavy atom. The van der Waals surface area contributed by atoms with Crippen molar-refractivity contribution in [2.45, 2.75) is 19.4 Å². The van der Waals surface area contributed by atoms with Gasteiger partial charge in [0.1, 0.15) is 22.3 Å². The number of amidine groups is 1. The molecular formula is C56H37N3O2. The first-order chi connectivity index (χ1) is 30.1. The summed E-state index contributed by atoms with van der Waals surface area (Å²) in [5.74, 6) is 0.765. The van der Waals surface area contributed by atoms with Crippen molar-refractivity contribution in [1.29, 1.82) is 0 Å². The fourth-order valence-corrected chi connectivity index (χ4v) is 9.93. The SMILES string of the molecule is C[C@H]1CC(c2ccc3oc4ccccc4c3c2)N=C(c2cc3oc4ccccc4c3cc2-n2c3ccccc3c3cc4ccccc4cc32)N=C1c1ccc2ccccc2c1. The molecule has 5 heteroatoms. The van der Waals surface area contributed by atoms with E-state index in [2.05, 4.69) is 169 Å². The van der Waals surface area contributed by atoms with Crippen molar-refractivity contribution < 1.29 is 8.83 Å². The first kappa shape index (κ1) is 34.1. The van der Waals surface area contributed by atoms with Crippen LogP contribution in [0.2, 0.25) is 0 Å². The molecule has 0 amide bonds. The number of fused-ring (bicyclic) bond motifs is 11. The van der Waals surface area contributed by atoms with Crippen LogP contribution in [0.3, 0.4) is 0 Å². The molecule has 1 aliphatic heterocycles. The summed E-state index contributed by atoms with van der Waals surface area (Å²) in [6.07, 6.45) is 0.778. The van der Waals surface area contributed by atoms with E-state index in [0.717, 1.165) is 89.4 Å². The van der Waals surface area contributed by atoms with E-state index in [-0.39, 0.29) is 12.0 Å². The van der Waals surface area contributed by atoms with Gasteiger partial charge in [-0.3, -0.25) is 4.99 Å². The highest BCUT2D eigenvalue weighted by Gasteiger charge is 2.28. The van der Waals surface area contributed by atoms with E-state index in [9.17, 15) is 0 Å². The van der Waals surface area contributed by atoms with Crippen molar-refractivity contribution in [1.82, 2.24) is 4.57 Å². The minimum absolute atomic E-state index is 0.0854. The Labute approximate surface area is 350 Å². The molecule has 0 N–H and O–H groups in total. The van der Waals surface area contributed by atoms with Gasteiger partial charge in [-0.25, -0.2) is 4.99 Å². The molecule has 0 saturated heterocycles. The Morgan fingerprint density at radius 2 is 1.10 bits per heavy atom. The van der Waals surface area contributed by atoms with Crippen LogP contribution in [0.25, 0.3) is 92.9 Å². The van der Waals surface area contributed by atoms with E-state index in [1.807, 2.05) is 24.3 Å². The summed E-state index contributed by atoms with van der Waals surface area (Å²) in [5, 5.41) is 11.5. The van der Waals surface area contributed by atoms with Gasteiger partial charge in [-0.05, 0) is 99.8 Å². The van der Waals surface area contributed by atoms with Gasteiger partial charge in [-0.15, -0.1) is 0 Å². The van der Waals surface area contributed by atoms with Crippen molar-refractivity contribution in [3.05, 3.63) is 199 Å². The second-order valence-corrected chi connectivity index (χ2v) is 16.6. The number of rotatable bonds is 4. The highest BCUT2D eigenvalue weighted by Crippen LogP contribution is 2.41. The maximum Gasteiger partial charge on any atom is 0.157 e. The first-order valence-electron chi connectivity index (χ1n) is 21.1. The molecule has 4 heterocycles. The smallest absolute Gasteiger partial charge is 0.157 e. The fraction of sp³-hybridized carbons (Fsp3) is 0.0714. The predicted molar refractivity (Wildman–Crippen MR) is 253 cm³/mol. The van der Waals surface area contributed by atoms with Crippen LogP contribution in [0.4, 0.5) is 0 Å². The lowest BCUT2D eigenvalue weighted by atomic mass is 9.89. The number of hydrogen-bond acceptors (Lipinski definition) is 4. The van der Waals surface area contributed by atoms with E-state index in [0.29, 0.717) is 5.84 Å². The average Bonchev–Trinajstić information content (AvgIpc) is 3.93. The largest absolute Gasteiger partial charge is 0.456 e. The molecule has 0 spiro atoms. The molecule has 0 bridgehead atoms. The molecule has 288 valence electrons. The molecule has 5 nitrogen and oxygen atoms in total. The third kappa shape index (κ3) is 5.33. The molecule has 9 aromatic carbocycles. The molecule has 3 aromatic heterocycles. The highest BCUT2D eigenvalue weighted by atomic mass is 16.3. The molecule has 0 radical (unpaired) electrons. The monoisotopic (exact) mass is 783 g/mol. The van der Waals surface area contributed by atoms with E-state index < -0.39 is 0 Å². The number of benzene rings is 9. The average molecular weight is 784 g/mol. The summed E-state index contributed by atoms with van der Waals surface area (Å²) >= 11 is 0. The van der Waals surface area contributed by atoms with Crippen molar-refractivity contribution >= 4 is 98.8 Å². The standard InChI is InChI=1S/C56H37N3O2/c1-33-26-47(38-24-25-53-44(29-38)41-17-7-10-20-51(41)60-53)57-56(58-55(33)39-23-22-34-12-2-3-13-35(34)27-39)46-32-54-45(42-18-8-11-21-52(42)61-54)31-50(46)59-48-19-9-6-16-40(48)43-28-36-14-4-5-15-37(36)30-49(43)59/h2-25,27-33,47H,26H2,1H3/t33-,47?/m0/s1. The van der Waals surface area contributed by atoms with Crippen LogP contribution in [0.15, 0.2) is 201 Å². The normalized spacial score (nSPS) is 16.1. The second-order valence-electron chi connectivity index (χ2n) is 16.6. The Morgan fingerprint density at radius 1 is 0.475 bits per heavy atom. The quantitative estimate of drug-likeness (QED) is 0.178. The van der Waals surface area contributed by atoms with Gasteiger partial charge in [0, 0.05) is 43.8 Å². The summed E-state index contributed by atoms with van der Waals surface area (Å²) in [5.41, 5.74) is 10.8. The minimum Gasteiger partial charge on any atom is -0.456 e. The van der Waals surface area contributed by atoms with E-state index in [1.165, 1.54) is 32.3 Å². The first-order valence-corrected chi connectivity index (χ1v) is 21.1. The van der Waals surface area contributed by atoms with Gasteiger partial charge in [0.2, 0.25) is 0 Å². The molecule has 1 unspecified atom stereocenters. The Hall–Kier alpha value is -7.76. The minimum atomic E-state index is -0.189. The van der Waals surface area contributed by atoms with Gasteiger partial charge in [-0.2, -0.15) is 0 Å². The second kappa shape index (κ2) is 13.1. The zero-order chi connectivity index (χ0) is 40.2. The lowest BCUT2D eigenvalue weighted by Crippen LogP contribution is -2.15. The van der Waals surface area contributed by atoms with Gasteiger partial charge in [0.15, 0.2) is 5.84 Å². The maximum atomic E-state index is 6.67. The Balaban J connectivity index is 1.12. The van der Waals surface area contributed by atoms with Crippen LogP contribution in [0, 0.1) is 5.92 Å². The van der Waals surface area contributed by atoms with Gasteiger partial charge in [-0.1, -0.05) is 128 Å². The Bertz CT molecular complexity index is 3840. The molecule has 13 rings (SSSR count). The van der Waals surface area contributed by atoms with Crippen LogP contribution in [-0.2, 0) is 0 Å². The molecule has 0 fully saturated rings. The number of aliphatic imine (C=N–C) groups is 2. The third-order valence-corrected chi connectivity index (χ3v) is 12.9. The van der Waals surface area contributed by atoms with E-state index in [4.69, 9.17) is 18.8 Å². The number of furan rings is 2. The molecule has 12 aromatic rings. The van der Waals surface area contributed by atoms with Gasteiger partial charge >= 0.3 is 0 Å². The van der Waals surface area contributed by atoms with Gasteiger partial charge < -0.3 is 13.4 Å². The Kier molecular flexibility index (Phi) is 7.34. The summed E-state index contributed by atoms with van der Waals surface area (Å²) in [6.45, 7) is 2.30. The maximum absolute atomic E-state index is 6.67. The van der Waals surface area contributed by atoms with Gasteiger partial charge in [0.25, 0.3) is 0 Å². The molecule has 2 atom stereocenters. The van der Waals surface area contributed by atoms with Crippen LogP contribution in [0.5, 0.6) is 0 Å². The number of aromatic nitrogens is 1. The van der Waals surface area contributed by atoms with Gasteiger partial charge in [0.05, 0.1) is 28.5 Å². The zero-order valence-electron chi connectivity index (χ0n) is 33.3. The van der Waals surface area contributed by atoms with Crippen molar-refractivity contribution in [3.63, 3.8) is 0 Å². The number of nitrogens with zero attached hydrogens (tertiary/aromatic N) is 3. The fourth-order valence-electron chi connectivity index (χ4n) is 9.93. The van der Waals surface area contributed by atoms with E-state index >= 15 is 0 Å². The van der Waals surface area contributed by atoms with Crippen molar-refractivity contribution in [2.75, 3.05) is 0 Å².